The summed E-state index contributed by atoms with van der Waals surface area (Å²) in [5.41, 5.74) is 2.72. The standard InChI is InChI=1S/C13H22O2/c1-10(2)6-5-7-11(3)8-13-14-9-12(4)15-13/h6,8,12-13H,5,7,9H2,1-4H3/b11-8-. The van der Waals surface area contributed by atoms with Gasteiger partial charge in [-0.2, -0.15) is 0 Å². The maximum Gasteiger partial charge on any atom is 0.177 e. The normalized spacial score (nSPS) is 26.8. The predicted octanol–water partition coefficient (Wildman–Crippen LogP) is 3.44. The van der Waals surface area contributed by atoms with Crippen LogP contribution in [0.2, 0.25) is 0 Å². The molecule has 0 spiro atoms. The predicted molar refractivity (Wildman–Crippen MR) is 62.7 cm³/mol. The average Bonchev–Trinajstić information content (AvgIpc) is 2.50. The Hall–Kier alpha value is -0.600. The van der Waals surface area contributed by atoms with E-state index >= 15 is 0 Å². The van der Waals surface area contributed by atoms with E-state index in [-0.39, 0.29) is 12.4 Å². The Morgan fingerprint density at radius 2 is 2.07 bits per heavy atom. The molecule has 0 saturated carbocycles. The second-order valence-electron chi connectivity index (χ2n) is 4.48. The Morgan fingerprint density at radius 3 is 2.60 bits per heavy atom. The monoisotopic (exact) mass is 210 g/mol. The van der Waals surface area contributed by atoms with Crippen molar-refractivity contribution >= 4 is 0 Å². The van der Waals surface area contributed by atoms with Crippen LogP contribution in [0.1, 0.15) is 40.5 Å². The first-order chi connectivity index (χ1) is 7.08. The average molecular weight is 210 g/mol. The molecule has 2 unspecified atom stereocenters. The maximum atomic E-state index is 5.55. The van der Waals surface area contributed by atoms with Crippen LogP contribution in [0.4, 0.5) is 0 Å². The molecule has 2 atom stereocenters. The van der Waals surface area contributed by atoms with E-state index in [2.05, 4.69) is 32.9 Å². The SMILES string of the molecule is CC(C)=CCC/C(C)=C\C1OCC(C)O1. The second-order valence-corrected chi connectivity index (χ2v) is 4.48. The highest BCUT2D eigenvalue weighted by Crippen LogP contribution is 2.15. The van der Waals surface area contributed by atoms with Gasteiger partial charge in [-0.25, -0.2) is 0 Å². The Labute approximate surface area is 93.0 Å². The third-order valence-electron chi connectivity index (χ3n) is 2.37. The van der Waals surface area contributed by atoms with E-state index in [0.717, 1.165) is 12.8 Å². The van der Waals surface area contributed by atoms with Gasteiger partial charge >= 0.3 is 0 Å². The molecule has 0 bridgehead atoms. The van der Waals surface area contributed by atoms with E-state index in [1.165, 1.54) is 11.1 Å². The fourth-order valence-corrected chi connectivity index (χ4v) is 1.53. The Kier molecular flexibility index (Phi) is 5.06. The first-order valence-electron chi connectivity index (χ1n) is 5.65. The van der Waals surface area contributed by atoms with Gasteiger partial charge in [0.05, 0.1) is 12.7 Å². The highest BCUT2D eigenvalue weighted by atomic mass is 16.7. The van der Waals surface area contributed by atoms with Crippen LogP contribution in [0.5, 0.6) is 0 Å². The van der Waals surface area contributed by atoms with Crippen molar-refractivity contribution in [1.82, 2.24) is 0 Å². The van der Waals surface area contributed by atoms with E-state index in [9.17, 15) is 0 Å². The van der Waals surface area contributed by atoms with Crippen LogP contribution in [0.3, 0.4) is 0 Å². The summed E-state index contributed by atoms with van der Waals surface area (Å²) in [6, 6.07) is 0. The van der Waals surface area contributed by atoms with Crippen molar-refractivity contribution in [2.75, 3.05) is 6.61 Å². The molecule has 1 aliphatic rings. The molecule has 2 nitrogen and oxygen atoms in total. The number of hydrogen-bond donors (Lipinski definition) is 0. The van der Waals surface area contributed by atoms with Gasteiger partial charge in [0.1, 0.15) is 0 Å². The molecule has 0 aromatic rings. The molecule has 0 N–H and O–H groups in total. The zero-order valence-electron chi connectivity index (χ0n) is 10.2. The number of allylic oxidation sites excluding steroid dienone is 3. The lowest BCUT2D eigenvalue weighted by Gasteiger charge is -2.06. The van der Waals surface area contributed by atoms with Crippen LogP contribution in [-0.2, 0) is 9.47 Å². The molecular formula is C13H22O2. The third-order valence-corrected chi connectivity index (χ3v) is 2.37. The first-order valence-corrected chi connectivity index (χ1v) is 5.65. The van der Waals surface area contributed by atoms with Crippen molar-refractivity contribution in [3.63, 3.8) is 0 Å². The van der Waals surface area contributed by atoms with Crippen LogP contribution >= 0.6 is 0 Å². The molecule has 0 aromatic heterocycles. The fraction of sp³-hybridized carbons (Fsp3) is 0.692. The van der Waals surface area contributed by atoms with Crippen molar-refractivity contribution in [3.05, 3.63) is 23.3 Å². The lowest BCUT2D eigenvalue weighted by Crippen LogP contribution is -2.06. The molecule has 1 aliphatic heterocycles. The summed E-state index contributed by atoms with van der Waals surface area (Å²) in [6.45, 7) is 9.14. The van der Waals surface area contributed by atoms with E-state index in [4.69, 9.17) is 9.47 Å². The summed E-state index contributed by atoms with van der Waals surface area (Å²) < 4.78 is 11.0. The van der Waals surface area contributed by atoms with Gasteiger partial charge in [-0.1, -0.05) is 17.2 Å². The Bertz CT molecular complexity index is 249. The van der Waals surface area contributed by atoms with Gasteiger partial charge in [-0.3, -0.25) is 0 Å². The highest BCUT2D eigenvalue weighted by molar-refractivity contribution is 5.04. The van der Waals surface area contributed by atoms with Gasteiger partial charge in [0, 0.05) is 0 Å². The smallest absolute Gasteiger partial charge is 0.177 e. The maximum absolute atomic E-state index is 5.55. The summed E-state index contributed by atoms with van der Waals surface area (Å²) in [5.74, 6) is 0. The molecule has 0 radical (unpaired) electrons. The lowest BCUT2D eigenvalue weighted by atomic mass is 10.1. The van der Waals surface area contributed by atoms with Crippen molar-refractivity contribution in [3.8, 4) is 0 Å². The Morgan fingerprint density at radius 1 is 1.33 bits per heavy atom. The minimum atomic E-state index is -0.119. The van der Waals surface area contributed by atoms with Gasteiger partial charge in [-0.05, 0) is 46.6 Å². The summed E-state index contributed by atoms with van der Waals surface area (Å²) >= 11 is 0. The van der Waals surface area contributed by atoms with Crippen LogP contribution in [-0.4, -0.2) is 19.0 Å². The minimum Gasteiger partial charge on any atom is -0.346 e. The summed E-state index contributed by atoms with van der Waals surface area (Å²) in [6.07, 6.45) is 6.65. The van der Waals surface area contributed by atoms with Crippen LogP contribution in [0.25, 0.3) is 0 Å². The zero-order chi connectivity index (χ0) is 11.3. The molecule has 1 heterocycles. The molecule has 0 aliphatic carbocycles. The van der Waals surface area contributed by atoms with Crippen LogP contribution in [0, 0.1) is 0 Å². The molecular weight excluding hydrogens is 188 g/mol. The second kappa shape index (κ2) is 6.09. The van der Waals surface area contributed by atoms with Crippen LogP contribution in [0.15, 0.2) is 23.3 Å². The van der Waals surface area contributed by atoms with E-state index in [0.29, 0.717) is 6.61 Å². The lowest BCUT2D eigenvalue weighted by molar-refractivity contribution is -0.0167. The number of ether oxygens (including phenoxy) is 2. The molecule has 0 amide bonds. The summed E-state index contributed by atoms with van der Waals surface area (Å²) in [7, 11) is 0. The van der Waals surface area contributed by atoms with Gasteiger partial charge < -0.3 is 9.47 Å². The number of rotatable bonds is 4. The molecule has 1 rings (SSSR count). The van der Waals surface area contributed by atoms with Gasteiger partial charge in [0.15, 0.2) is 6.29 Å². The third kappa shape index (κ3) is 5.14. The van der Waals surface area contributed by atoms with Crippen LogP contribution < -0.4 is 0 Å². The first kappa shape index (κ1) is 12.5. The van der Waals surface area contributed by atoms with Gasteiger partial charge in [-0.15, -0.1) is 0 Å². The van der Waals surface area contributed by atoms with E-state index in [1.54, 1.807) is 0 Å². The summed E-state index contributed by atoms with van der Waals surface area (Å²) in [4.78, 5) is 0. The summed E-state index contributed by atoms with van der Waals surface area (Å²) in [5, 5.41) is 0. The van der Waals surface area contributed by atoms with E-state index < -0.39 is 0 Å². The molecule has 86 valence electrons. The minimum absolute atomic E-state index is 0.119. The number of hydrogen-bond acceptors (Lipinski definition) is 2. The molecule has 1 fully saturated rings. The largest absolute Gasteiger partial charge is 0.346 e. The zero-order valence-corrected chi connectivity index (χ0v) is 10.2. The molecule has 15 heavy (non-hydrogen) atoms. The quantitative estimate of drug-likeness (QED) is 0.662. The Balaban J connectivity index is 2.30. The molecule has 2 heteroatoms. The topological polar surface area (TPSA) is 18.5 Å². The highest BCUT2D eigenvalue weighted by Gasteiger charge is 2.19. The van der Waals surface area contributed by atoms with Crippen molar-refractivity contribution in [1.29, 1.82) is 0 Å². The van der Waals surface area contributed by atoms with Gasteiger partial charge in [0.2, 0.25) is 0 Å². The van der Waals surface area contributed by atoms with E-state index in [1.807, 2.05) is 6.92 Å². The van der Waals surface area contributed by atoms with Crippen molar-refractivity contribution in [2.45, 2.75) is 52.9 Å². The molecule has 1 saturated heterocycles. The fourth-order valence-electron chi connectivity index (χ4n) is 1.53. The molecule has 0 aromatic carbocycles. The van der Waals surface area contributed by atoms with Gasteiger partial charge in [0.25, 0.3) is 0 Å². The van der Waals surface area contributed by atoms with Crippen molar-refractivity contribution < 1.29 is 9.47 Å². The van der Waals surface area contributed by atoms with Crippen molar-refractivity contribution in [2.24, 2.45) is 0 Å².